The van der Waals surface area contributed by atoms with Crippen molar-refractivity contribution in [3.05, 3.63) is 89.4 Å². The van der Waals surface area contributed by atoms with Crippen molar-refractivity contribution < 1.29 is 13.2 Å². The van der Waals surface area contributed by atoms with Gasteiger partial charge in [-0.1, -0.05) is 48.0 Å². The van der Waals surface area contributed by atoms with Gasteiger partial charge in [0.15, 0.2) is 0 Å². The summed E-state index contributed by atoms with van der Waals surface area (Å²) >= 11 is 7.42. The van der Waals surface area contributed by atoms with E-state index in [4.69, 9.17) is 11.6 Å². The molecule has 0 aliphatic carbocycles. The molecule has 0 saturated carbocycles. The molecule has 1 atom stereocenters. The Balaban J connectivity index is 1.85. The molecular formula is C22H21ClN2O3S2. The van der Waals surface area contributed by atoms with Crippen molar-refractivity contribution in [2.75, 3.05) is 11.6 Å². The second-order valence-electron chi connectivity index (χ2n) is 6.54. The fraction of sp³-hybridized carbons (Fsp3) is 0.136. The predicted octanol–water partition coefficient (Wildman–Crippen LogP) is 4.59. The largest absolute Gasteiger partial charge is 0.325 e. The SMILES string of the molecule is CSc1cccc(NC(=O)[C@H](Cc2ccccc2)NS(=O)(=O)c2ccc(Cl)cc2)c1. The number of sulfonamides is 1. The van der Waals surface area contributed by atoms with Crippen molar-refractivity contribution >= 4 is 45.0 Å². The van der Waals surface area contributed by atoms with Gasteiger partial charge in [-0.3, -0.25) is 4.79 Å². The summed E-state index contributed by atoms with van der Waals surface area (Å²) in [6.07, 6.45) is 2.15. The zero-order valence-electron chi connectivity index (χ0n) is 16.2. The van der Waals surface area contributed by atoms with Crippen LogP contribution in [0.5, 0.6) is 0 Å². The van der Waals surface area contributed by atoms with Gasteiger partial charge in [-0.2, -0.15) is 4.72 Å². The van der Waals surface area contributed by atoms with Gasteiger partial charge < -0.3 is 5.32 Å². The van der Waals surface area contributed by atoms with E-state index < -0.39 is 22.0 Å². The van der Waals surface area contributed by atoms with Crippen LogP contribution in [0.4, 0.5) is 5.69 Å². The van der Waals surface area contributed by atoms with Crippen LogP contribution in [-0.4, -0.2) is 26.6 Å². The second kappa shape index (κ2) is 10.1. The highest BCUT2D eigenvalue weighted by atomic mass is 35.5. The number of rotatable bonds is 8. The summed E-state index contributed by atoms with van der Waals surface area (Å²) in [5.74, 6) is -0.436. The number of amides is 1. The fourth-order valence-electron chi connectivity index (χ4n) is 2.84. The Morgan fingerprint density at radius 2 is 1.70 bits per heavy atom. The Hall–Kier alpha value is -2.32. The number of hydrogen-bond donors (Lipinski definition) is 2. The third-order valence-corrected chi connectivity index (χ3v) is 6.82. The van der Waals surface area contributed by atoms with E-state index in [0.717, 1.165) is 10.5 Å². The first-order valence-corrected chi connectivity index (χ1v) is 12.2. The lowest BCUT2D eigenvalue weighted by Crippen LogP contribution is -2.45. The molecule has 0 aliphatic rings. The first-order valence-electron chi connectivity index (χ1n) is 9.14. The van der Waals surface area contributed by atoms with Crippen molar-refractivity contribution in [1.29, 1.82) is 0 Å². The van der Waals surface area contributed by atoms with Crippen LogP contribution in [0.1, 0.15) is 5.56 Å². The van der Waals surface area contributed by atoms with Crippen LogP contribution in [0.3, 0.4) is 0 Å². The van der Waals surface area contributed by atoms with Gasteiger partial charge >= 0.3 is 0 Å². The molecule has 2 N–H and O–H groups in total. The van der Waals surface area contributed by atoms with Crippen LogP contribution < -0.4 is 10.0 Å². The van der Waals surface area contributed by atoms with Crippen molar-refractivity contribution in [3.8, 4) is 0 Å². The highest BCUT2D eigenvalue weighted by Gasteiger charge is 2.26. The molecule has 30 heavy (non-hydrogen) atoms. The van der Waals surface area contributed by atoms with Gasteiger partial charge in [0.2, 0.25) is 15.9 Å². The lowest BCUT2D eigenvalue weighted by molar-refractivity contribution is -0.117. The highest BCUT2D eigenvalue weighted by molar-refractivity contribution is 7.98. The predicted molar refractivity (Wildman–Crippen MR) is 123 cm³/mol. The Morgan fingerprint density at radius 1 is 1.00 bits per heavy atom. The molecule has 0 spiro atoms. The number of anilines is 1. The smallest absolute Gasteiger partial charge is 0.242 e. The third kappa shape index (κ3) is 6.09. The first kappa shape index (κ1) is 22.4. The molecule has 8 heteroatoms. The van der Waals surface area contributed by atoms with Crippen molar-refractivity contribution in [2.24, 2.45) is 0 Å². The third-order valence-electron chi connectivity index (χ3n) is 4.36. The van der Waals surface area contributed by atoms with E-state index in [1.807, 2.05) is 54.8 Å². The van der Waals surface area contributed by atoms with Crippen LogP contribution in [0, 0.1) is 0 Å². The van der Waals surface area contributed by atoms with Crippen molar-refractivity contribution in [3.63, 3.8) is 0 Å². The maximum Gasteiger partial charge on any atom is 0.242 e. The summed E-state index contributed by atoms with van der Waals surface area (Å²) in [5, 5.41) is 3.25. The average Bonchev–Trinajstić information content (AvgIpc) is 2.74. The quantitative estimate of drug-likeness (QED) is 0.482. The molecule has 0 radical (unpaired) electrons. The summed E-state index contributed by atoms with van der Waals surface area (Å²) in [5.41, 5.74) is 1.45. The number of thioether (sulfide) groups is 1. The molecule has 3 aromatic rings. The Bertz CT molecular complexity index is 1100. The zero-order chi connectivity index (χ0) is 21.6. The van der Waals surface area contributed by atoms with Gasteiger partial charge in [-0.15, -0.1) is 11.8 Å². The van der Waals surface area contributed by atoms with Crippen LogP contribution in [0.2, 0.25) is 5.02 Å². The van der Waals surface area contributed by atoms with Crippen molar-refractivity contribution in [2.45, 2.75) is 22.3 Å². The highest BCUT2D eigenvalue weighted by Crippen LogP contribution is 2.20. The fourth-order valence-corrected chi connectivity index (χ4v) is 4.62. The summed E-state index contributed by atoms with van der Waals surface area (Å²) in [6, 6.07) is 21.5. The molecular weight excluding hydrogens is 440 g/mol. The number of benzene rings is 3. The molecule has 0 unspecified atom stereocenters. The van der Waals surface area contributed by atoms with E-state index in [-0.39, 0.29) is 11.3 Å². The van der Waals surface area contributed by atoms with Crippen molar-refractivity contribution in [1.82, 2.24) is 4.72 Å². The Labute approximate surface area is 185 Å². The zero-order valence-corrected chi connectivity index (χ0v) is 18.6. The van der Waals surface area contributed by atoms with Crippen LogP contribution >= 0.6 is 23.4 Å². The Kier molecular flexibility index (Phi) is 7.55. The topological polar surface area (TPSA) is 75.3 Å². The molecule has 0 aromatic heterocycles. The van der Waals surface area contributed by atoms with E-state index in [0.29, 0.717) is 10.7 Å². The summed E-state index contributed by atoms with van der Waals surface area (Å²) < 4.78 is 28.3. The monoisotopic (exact) mass is 460 g/mol. The van der Waals surface area contributed by atoms with Gasteiger partial charge in [-0.25, -0.2) is 8.42 Å². The number of carbonyl (C=O) groups is 1. The molecule has 0 heterocycles. The standard InChI is InChI=1S/C22H21ClN2O3S2/c1-29-19-9-5-8-18(15-19)24-22(26)21(14-16-6-3-2-4-7-16)25-30(27,28)20-12-10-17(23)11-13-20/h2-13,15,21,25H,14H2,1H3,(H,24,26)/t21-/m0/s1. The molecule has 0 saturated heterocycles. The van der Waals surface area contributed by atoms with Crippen LogP contribution in [-0.2, 0) is 21.2 Å². The molecule has 1 amide bonds. The molecule has 0 fully saturated rings. The normalized spacial score (nSPS) is 12.3. The van der Waals surface area contributed by atoms with Gasteiger partial charge in [0.1, 0.15) is 6.04 Å². The molecule has 156 valence electrons. The van der Waals surface area contributed by atoms with Gasteiger partial charge in [0.05, 0.1) is 4.90 Å². The minimum atomic E-state index is -3.92. The van der Waals surface area contributed by atoms with Gasteiger partial charge in [0, 0.05) is 15.6 Å². The van der Waals surface area contributed by atoms with Crippen LogP contribution in [0.15, 0.2) is 88.7 Å². The lowest BCUT2D eigenvalue weighted by atomic mass is 10.1. The summed E-state index contributed by atoms with van der Waals surface area (Å²) in [6.45, 7) is 0. The van der Waals surface area contributed by atoms with Gasteiger partial charge in [0.25, 0.3) is 0 Å². The second-order valence-corrected chi connectivity index (χ2v) is 9.57. The Morgan fingerprint density at radius 3 is 2.37 bits per heavy atom. The van der Waals surface area contributed by atoms with E-state index in [1.165, 1.54) is 24.3 Å². The lowest BCUT2D eigenvalue weighted by Gasteiger charge is -2.19. The number of carbonyl (C=O) groups excluding carboxylic acids is 1. The van der Waals surface area contributed by atoms with Crippen LogP contribution in [0.25, 0.3) is 0 Å². The molecule has 3 aromatic carbocycles. The average molecular weight is 461 g/mol. The van der Waals surface area contributed by atoms with E-state index in [9.17, 15) is 13.2 Å². The maximum atomic E-state index is 13.0. The number of hydrogen-bond acceptors (Lipinski definition) is 4. The molecule has 5 nitrogen and oxygen atoms in total. The van der Waals surface area contributed by atoms with E-state index in [2.05, 4.69) is 10.0 Å². The van der Waals surface area contributed by atoms with E-state index >= 15 is 0 Å². The first-order chi connectivity index (χ1) is 14.4. The summed E-state index contributed by atoms with van der Waals surface area (Å²) in [4.78, 5) is 14.1. The minimum absolute atomic E-state index is 0.0437. The molecule has 0 bridgehead atoms. The summed E-state index contributed by atoms with van der Waals surface area (Å²) in [7, 11) is -3.92. The molecule has 0 aliphatic heterocycles. The number of nitrogens with one attached hydrogen (secondary N) is 2. The molecule has 3 rings (SSSR count). The number of halogens is 1. The van der Waals surface area contributed by atoms with Gasteiger partial charge in [-0.05, 0) is 60.7 Å². The van der Waals surface area contributed by atoms with E-state index in [1.54, 1.807) is 17.8 Å². The maximum absolute atomic E-state index is 13.0. The minimum Gasteiger partial charge on any atom is -0.325 e.